The molecule has 4 unspecified atom stereocenters. The molecule has 4 atom stereocenters. The van der Waals surface area contributed by atoms with Crippen LogP contribution in [0.3, 0.4) is 0 Å². The molecule has 0 radical (unpaired) electrons. The molecule has 3 heteroatoms. The smallest absolute Gasteiger partial charge is 0.175 e. The van der Waals surface area contributed by atoms with Crippen LogP contribution in [0.25, 0.3) is 10.8 Å². The second-order valence-electron chi connectivity index (χ2n) is 10.4. The topological polar surface area (TPSA) is 9.23 Å². The van der Waals surface area contributed by atoms with Crippen LogP contribution in [0.2, 0.25) is 0 Å². The predicted molar refractivity (Wildman–Crippen MR) is 134 cm³/mol. The summed E-state index contributed by atoms with van der Waals surface area (Å²) in [7, 11) is 0. The van der Waals surface area contributed by atoms with E-state index < -0.39 is 11.6 Å². The van der Waals surface area contributed by atoms with E-state index in [1.165, 1.54) is 57.8 Å². The number of unbranched alkanes of at least 4 members (excludes halogenated alkanes) is 3. The number of hydrogen-bond donors (Lipinski definition) is 0. The fourth-order valence-electron chi connectivity index (χ4n) is 6.37. The first-order valence-electron chi connectivity index (χ1n) is 13.3. The Hall–Kier alpha value is -1.90. The van der Waals surface area contributed by atoms with Gasteiger partial charge in [-0.2, -0.15) is 0 Å². The van der Waals surface area contributed by atoms with Crippen molar-refractivity contribution in [2.75, 3.05) is 6.61 Å². The van der Waals surface area contributed by atoms with Gasteiger partial charge in [0.25, 0.3) is 0 Å². The highest BCUT2D eigenvalue weighted by Crippen LogP contribution is 2.49. The van der Waals surface area contributed by atoms with Crippen LogP contribution in [-0.2, 0) is 0 Å². The lowest BCUT2D eigenvalue weighted by Crippen LogP contribution is -2.30. The standard InChI is InChI=1S/C30H40F2O/c1-3-5-7-8-9-21-10-11-23-18-24(13-12-22(23)17-21)26-19-25-14-15-28(33-16-6-4-2)30(32)29(25)27(31)20-26/h4,6,14-15,19-24H,3,5,7-13,16-18H2,1-2H3. The second kappa shape index (κ2) is 11.5. The van der Waals surface area contributed by atoms with Gasteiger partial charge in [-0.15, -0.1) is 0 Å². The van der Waals surface area contributed by atoms with Crippen molar-refractivity contribution >= 4 is 10.8 Å². The van der Waals surface area contributed by atoms with Gasteiger partial charge in [-0.25, -0.2) is 8.78 Å². The van der Waals surface area contributed by atoms with E-state index >= 15 is 4.39 Å². The maximum atomic E-state index is 15.1. The number of benzene rings is 2. The van der Waals surface area contributed by atoms with Crippen LogP contribution in [0.1, 0.15) is 96.0 Å². The van der Waals surface area contributed by atoms with E-state index in [1.807, 2.05) is 19.1 Å². The molecule has 0 saturated heterocycles. The van der Waals surface area contributed by atoms with Crippen molar-refractivity contribution < 1.29 is 13.5 Å². The van der Waals surface area contributed by atoms with Crippen LogP contribution >= 0.6 is 0 Å². The molecular formula is C30H40F2O. The molecule has 0 heterocycles. The van der Waals surface area contributed by atoms with Gasteiger partial charge in [0, 0.05) is 0 Å². The van der Waals surface area contributed by atoms with Gasteiger partial charge in [0.05, 0.1) is 5.39 Å². The van der Waals surface area contributed by atoms with Crippen LogP contribution in [0.15, 0.2) is 36.4 Å². The lowest BCUT2D eigenvalue weighted by Gasteiger charge is -2.42. The third-order valence-corrected chi connectivity index (χ3v) is 8.22. The number of halogens is 2. The summed E-state index contributed by atoms with van der Waals surface area (Å²) in [6.07, 6.45) is 18.2. The van der Waals surface area contributed by atoms with E-state index in [0.29, 0.717) is 11.3 Å². The molecule has 0 aliphatic heterocycles. The van der Waals surface area contributed by atoms with E-state index in [4.69, 9.17) is 4.74 Å². The van der Waals surface area contributed by atoms with Crippen LogP contribution in [0, 0.1) is 29.4 Å². The highest BCUT2D eigenvalue weighted by molar-refractivity contribution is 5.86. The molecule has 2 aromatic carbocycles. The van der Waals surface area contributed by atoms with Crippen molar-refractivity contribution in [2.24, 2.45) is 17.8 Å². The fraction of sp³-hybridized carbons (Fsp3) is 0.600. The van der Waals surface area contributed by atoms with Gasteiger partial charge in [0.2, 0.25) is 0 Å². The summed E-state index contributed by atoms with van der Waals surface area (Å²) >= 11 is 0. The fourth-order valence-corrected chi connectivity index (χ4v) is 6.37. The first-order chi connectivity index (χ1) is 16.1. The minimum Gasteiger partial charge on any atom is -0.486 e. The third kappa shape index (κ3) is 5.78. The highest BCUT2D eigenvalue weighted by Gasteiger charge is 2.36. The Kier molecular flexibility index (Phi) is 8.44. The molecule has 2 saturated carbocycles. The minimum atomic E-state index is -0.595. The summed E-state index contributed by atoms with van der Waals surface area (Å²) in [5, 5.41) is 0.688. The van der Waals surface area contributed by atoms with Crippen molar-refractivity contribution in [3.05, 3.63) is 53.6 Å². The third-order valence-electron chi connectivity index (χ3n) is 8.22. The zero-order valence-corrected chi connectivity index (χ0v) is 20.4. The van der Waals surface area contributed by atoms with Gasteiger partial charge < -0.3 is 4.74 Å². The average Bonchev–Trinajstić information content (AvgIpc) is 2.82. The Morgan fingerprint density at radius 3 is 2.61 bits per heavy atom. The number of allylic oxidation sites excluding steroid dienone is 1. The van der Waals surface area contributed by atoms with E-state index in [0.717, 1.165) is 36.2 Å². The summed E-state index contributed by atoms with van der Waals surface area (Å²) in [6, 6.07) is 7.03. The van der Waals surface area contributed by atoms with E-state index in [2.05, 4.69) is 6.92 Å². The maximum Gasteiger partial charge on any atom is 0.175 e. The first kappa shape index (κ1) is 24.2. The summed E-state index contributed by atoms with van der Waals surface area (Å²) in [5.74, 6) is 1.99. The van der Waals surface area contributed by atoms with E-state index in [-0.39, 0.29) is 17.7 Å². The number of ether oxygens (including phenoxy) is 1. The molecule has 0 bridgehead atoms. The van der Waals surface area contributed by atoms with Crippen LogP contribution in [-0.4, -0.2) is 6.61 Å². The van der Waals surface area contributed by atoms with Crippen LogP contribution < -0.4 is 4.74 Å². The predicted octanol–water partition coefficient (Wildman–Crippen LogP) is 9.34. The summed E-state index contributed by atoms with van der Waals surface area (Å²) in [5.41, 5.74) is 1.04. The SMILES string of the molecule is CC=CCOc1ccc2cc(C3CCC4CC(CCCCCC)CCC4C3)cc(F)c2c1F. The van der Waals surface area contributed by atoms with Gasteiger partial charge in [-0.05, 0) is 85.8 Å². The molecule has 33 heavy (non-hydrogen) atoms. The minimum absolute atomic E-state index is 0.0500. The van der Waals surface area contributed by atoms with E-state index in [9.17, 15) is 4.39 Å². The van der Waals surface area contributed by atoms with Crippen LogP contribution in [0.4, 0.5) is 8.78 Å². The molecule has 0 N–H and O–H groups in total. The molecule has 2 aliphatic rings. The maximum absolute atomic E-state index is 15.1. The van der Waals surface area contributed by atoms with Gasteiger partial charge in [0.1, 0.15) is 12.4 Å². The Labute approximate surface area is 198 Å². The van der Waals surface area contributed by atoms with Crippen molar-refractivity contribution in [2.45, 2.75) is 90.4 Å². The number of hydrogen-bond acceptors (Lipinski definition) is 1. The van der Waals surface area contributed by atoms with Gasteiger partial charge in [-0.3, -0.25) is 0 Å². The molecule has 0 aromatic heterocycles. The molecule has 2 aliphatic carbocycles. The molecule has 2 fully saturated rings. The average molecular weight is 455 g/mol. The van der Waals surface area contributed by atoms with Gasteiger partial charge in [0.15, 0.2) is 11.6 Å². The zero-order chi connectivity index (χ0) is 23.2. The number of rotatable bonds is 9. The molecule has 180 valence electrons. The molecule has 2 aromatic rings. The first-order valence-corrected chi connectivity index (χ1v) is 13.3. The Morgan fingerprint density at radius 2 is 1.79 bits per heavy atom. The molecule has 4 rings (SSSR count). The summed E-state index contributed by atoms with van der Waals surface area (Å²) in [6.45, 7) is 4.44. The van der Waals surface area contributed by atoms with Gasteiger partial charge >= 0.3 is 0 Å². The quantitative estimate of drug-likeness (QED) is 0.271. The Balaban J connectivity index is 1.41. The van der Waals surface area contributed by atoms with Crippen molar-refractivity contribution in [3.63, 3.8) is 0 Å². The van der Waals surface area contributed by atoms with Crippen molar-refractivity contribution in [3.8, 4) is 5.75 Å². The Morgan fingerprint density at radius 1 is 0.970 bits per heavy atom. The van der Waals surface area contributed by atoms with Crippen LogP contribution in [0.5, 0.6) is 5.75 Å². The zero-order valence-electron chi connectivity index (χ0n) is 20.4. The Bertz CT molecular complexity index is 950. The van der Waals surface area contributed by atoms with E-state index in [1.54, 1.807) is 24.3 Å². The molecule has 0 amide bonds. The lowest BCUT2D eigenvalue weighted by molar-refractivity contribution is 0.113. The summed E-state index contributed by atoms with van der Waals surface area (Å²) < 4.78 is 35.5. The molecular weight excluding hydrogens is 414 g/mol. The normalized spacial score (nSPS) is 25.5. The molecule has 1 nitrogen and oxygen atoms in total. The largest absolute Gasteiger partial charge is 0.486 e. The molecule has 0 spiro atoms. The number of fused-ring (bicyclic) bond motifs is 2. The monoisotopic (exact) mass is 454 g/mol. The highest BCUT2D eigenvalue weighted by atomic mass is 19.1. The second-order valence-corrected chi connectivity index (χ2v) is 10.4. The lowest BCUT2D eigenvalue weighted by atomic mass is 9.63. The van der Waals surface area contributed by atoms with Crippen molar-refractivity contribution in [1.29, 1.82) is 0 Å². The van der Waals surface area contributed by atoms with Gasteiger partial charge in [-0.1, -0.05) is 69.7 Å². The summed E-state index contributed by atoms with van der Waals surface area (Å²) in [4.78, 5) is 0. The van der Waals surface area contributed by atoms with Crippen molar-refractivity contribution in [1.82, 2.24) is 0 Å².